The number of hydrogen-bond donors (Lipinski definition) is 0. The summed E-state index contributed by atoms with van der Waals surface area (Å²) in [5, 5.41) is 4.34. The van der Waals surface area contributed by atoms with Crippen molar-refractivity contribution in [2.24, 2.45) is 0 Å². The van der Waals surface area contributed by atoms with E-state index in [0.29, 0.717) is 12.1 Å². The quantitative estimate of drug-likeness (QED) is 0.727. The number of nitrogens with zero attached hydrogens (tertiary/aromatic N) is 2. The average Bonchev–Trinajstić information content (AvgIpc) is 2.83. The summed E-state index contributed by atoms with van der Waals surface area (Å²) in [7, 11) is 0. The Bertz CT molecular complexity index is 552. The van der Waals surface area contributed by atoms with E-state index in [1.807, 2.05) is 30.5 Å². The SMILES string of the molecule is Cc1ccc(-n2cc3c(n2)C(=O)CC3)cc1. The topological polar surface area (TPSA) is 34.9 Å². The van der Waals surface area contributed by atoms with E-state index in [-0.39, 0.29) is 5.78 Å². The normalized spacial score (nSPS) is 14.2. The molecule has 0 radical (unpaired) electrons. The lowest BCUT2D eigenvalue weighted by Crippen LogP contribution is -1.99. The van der Waals surface area contributed by atoms with E-state index in [9.17, 15) is 4.79 Å². The van der Waals surface area contributed by atoms with Gasteiger partial charge in [-0.15, -0.1) is 0 Å². The van der Waals surface area contributed by atoms with E-state index in [2.05, 4.69) is 12.0 Å². The molecular weight excluding hydrogens is 200 g/mol. The lowest BCUT2D eigenvalue weighted by atomic mass is 10.2. The molecule has 0 saturated carbocycles. The molecule has 1 heterocycles. The maximum Gasteiger partial charge on any atom is 0.183 e. The molecule has 80 valence electrons. The summed E-state index contributed by atoms with van der Waals surface area (Å²) in [6, 6.07) is 8.12. The van der Waals surface area contributed by atoms with E-state index in [0.717, 1.165) is 17.7 Å². The predicted molar refractivity (Wildman–Crippen MR) is 61.0 cm³/mol. The predicted octanol–water partition coefficient (Wildman–Crippen LogP) is 2.31. The van der Waals surface area contributed by atoms with Crippen LogP contribution in [-0.4, -0.2) is 15.6 Å². The molecule has 1 aromatic heterocycles. The van der Waals surface area contributed by atoms with E-state index >= 15 is 0 Å². The number of carbonyl (C=O) groups excluding carboxylic acids is 1. The van der Waals surface area contributed by atoms with E-state index < -0.39 is 0 Å². The first-order valence-corrected chi connectivity index (χ1v) is 5.43. The van der Waals surface area contributed by atoms with Crippen LogP contribution in [0.4, 0.5) is 0 Å². The molecule has 0 amide bonds. The highest BCUT2D eigenvalue weighted by Crippen LogP contribution is 2.21. The van der Waals surface area contributed by atoms with Crippen molar-refractivity contribution in [2.75, 3.05) is 0 Å². The summed E-state index contributed by atoms with van der Waals surface area (Å²) in [6.45, 7) is 2.05. The van der Waals surface area contributed by atoms with Crippen molar-refractivity contribution in [3.63, 3.8) is 0 Å². The zero-order chi connectivity index (χ0) is 11.1. The van der Waals surface area contributed by atoms with Gasteiger partial charge >= 0.3 is 0 Å². The molecule has 0 bridgehead atoms. The molecule has 0 atom stereocenters. The Morgan fingerprint density at radius 2 is 1.94 bits per heavy atom. The Hall–Kier alpha value is -1.90. The van der Waals surface area contributed by atoms with Crippen molar-refractivity contribution in [1.29, 1.82) is 0 Å². The van der Waals surface area contributed by atoms with Gasteiger partial charge in [0.2, 0.25) is 0 Å². The molecule has 1 aliphatic carbocycles. The van der Waals surface area contributed by atoms with Gasteiger partial charge in [0, 0.05) is 18.2 Å². The van der Waals surface area contributed by atoms with Crippen LogP contribution in [0.15, 0.2) is 30.5 Å². The fraction of sp³-hybridized carbons (Fsp3) is 0.231. The first-order valence-electron chi connectivity index (χ1n) is 5.43. The highest BCUT2D eigenvalue weighted by atomic mass is 16.1. The maximum atomic E-state index is 11.5. The number of carbonyl (C=O) groups is 1. The Labute approximate surface area is 93.7 Å². The number of aromatic nitrogens is 2. The maximum absolute atomic E-state index is 11.5. The van der Waals surface area contributed by atoms with E-state index in [1.54, 1.807) is 4.68 Å². The third-order valence-corrected chi connectivity index (χ3v) is 2.97. The minimum Gasteiger partial charge on any atom is -0.292 e. The monoisotopic (exact) mass is 212 g/mol. The van der Waals surface area contributed by atoms with Gasteiger partial charge in [-0.25, -0.2) is 4.68 Å². The molecule has 0 fully saturated rings. The molecule has 0 unspecified atom stereocenters. The largest absolute Gasteiger partial charge is 0.292 e. The second-order valence-electron chi connectivity index (χ2n) is 4.21. The Balaban J connectivity index is 2.05. The number of Topliss-reactive ketones (excluding diaryl/α,β-unsaturated/α-hetero) is 1. The van der Waals surface area contributed by atoms with Crippen LogP contribution >= 0.6 is 0 Å². The van der Waals surface area contributed by atoms with Gasteiger partial charge in [0.05, 0.1) is 5.69 Å². The van der Waals surface area contributed by atoms with Crippen molar-refractivity contribution < 1.29 is 4.79 Å². The molecule has 3 nitrogen and oxygen atoms in total. The summed E-state index contributed by atoms with van der Waals surface area (Å²) in [5.74, 6) is 0.167. The number of hydrogen-bond acceptors (Lipinski definition) is 2. The van der Waals surface area contributed by atoms with E-state index in [4.69, 9.17) is 0 Å². The summed E-state index contributed by atoms with van der Waals surface area (Å²) in [4.78, 5) is 11.5. The van der Waals surface area contributed by atoms with Gasteiger partial charge in [-0.1, -0.05) is 17.7 Å². The molecule has 0 spiro atoms. The van der Waals surface area contributed by atoms with Gasteiger partial charge in [0.25, 0.3) is 0 Å². The van der Waals surface area contributed by atoms with Crippen LogP contribution < -0.4 is 0 Å². The summed E-state index contributed by atoms with van der Waals surface area (Å²) >= 11 is 0. The molecule has 3 rings (SSSR count). The van der Waals surface area contributed by atoms with Crippen molar-refractivity contribution in [2.45, 2.75) is 19.8 Å². The minimum absolute atomic E-state index is 0.167. The summed E-state index contributed by atoms with van der Waals surface area (Å²) in [6.07, 6.45) is 3.41. The van der Waals surface area contributed by atoms with Crippen LogP contribution in [0.3, 0.4) is 0 Å². The zero-order valence-corrected chi connectivity index (χ0v) is 9.10. The van der Waals surface area contributed by atoms with Crippen LogP contribution in [0, 0.1) is 6.92 Å². The minimum atomic E-state index is 0.167. The Morgan fingerprint density at radius 1 is 1.19 bits per heavy atom. The highest BCUT2D eigenvalue weighted by molar-refractivity contribution is 5.98. The smallest absolute Gasteiger partial charge is 0.183 e. The van der Waals surface area contributed by atoms with Crippen LogP contribution in [-0.2, 0) is 6.42 Å². The van der Waals surface area contributed by atoms with Gasteiger partial charge in [0.15, 0.2) is 5.78 Å². The van der Waals surface area contributed by atoms with Crippen LogP contribution in [0.1, 0.15) is 28.0 Å². The Kier molecular flexibility index (Phi) is 1.93. The third-order valence-electron chi connectivity index (χ3n) is 2.97. The summed E-state index contributed by atoms with van der Waals surface area (Å²) < 4.78 is 1.79. The molecule has 16 heavy (non-hydrogen) atoms. The molecule has 0 aliphatic heterocycles. The summed E-state index contributed by atoms with van der Waals surface area (Å²) in [5.41, 5.74) is 3.96. The zero-order valence-electron chi connectivity index (χ0n) is 9.10. The lowest BCUT2D eigenvalue weighted by molar-refractivity contribution is 0.0989. The van der Waals surface area contributed by atoms with Gasteiger partial charge in [-0.2, -0.15) is 5.10 Å². The number of fused-ring (bicyclic) bond motifs is 1. The molecule has 3 heteroatoms. The highest BCUT2D eigenvalue weighted by Gasteiger charge is 2.23. The molecule has 0 saturated heterocycles. The number of rotatable bonds is 1. The van der Waals surface area contributed by atoms with Crippen LogP contribution in [0.5, 0.6) is 0 Å². The van der Waals surface area contributed by atoms with E-state index in [1.165, 1.54) is 5.56 Å². The second kappa shape index (κ2) is 3.30. The van der Waals surface area contributed by atoms with Crippen LogP contribution in [0.25, 0.3) is 5.69 Å². The lowest BCUT2D eigenvalue weighted by Gasteiger charge is -2.01. The van der Waals surface area contributed by atoms with Crippen molar-refractivity contribution in [3.8, 4) is 5.69 Å². The molecule has 1 aliphatic rings. The first-order chi connectivity index (χ1) is 7.74. The van der Waals surface area contributed by atoms with Gasteiger partial charge in [0.1, 0.15) is 5.69 Å². The second-order valence-corrected chi connectivity index (χ2v) is 4.21. The average molecular weight is 212 g/mol. The molecular formula is C13H12N2O. The number of aryl methyl sites for hydroxylation is 2. The van der Waals surface area contributed by atoms with Crippen molar-refractivity contribution >= 4 is 5.78 Å². The molecule has 0 N–H and O–H groups in total. The molecule has 1 aromatic carbocycles. The standard InChI is InChI=1S/C13H12N2O/c1-9-2-5-11(6-3-9)15-8-10-4-7-12(16)13(10)14-15/h2-3,5-6,8H,4,7H2,1H3. The first kappa shape index (κ1) is 9.33. The van der Waals surface area contributed by atoms with Crippen molar-refractivity contribution in [1.82, 2.24) is 9.78 Å². The Morgan fingerprint density at radius 3 is 2.62 bits per heavy atom. The number of benzene rings is 1. The number of ketones is 1. The fourth-order valence-corrected chi connectivity index (χ4v) is 2.02. The fourth-order valence-electron chi connectivity index (χ4n) is 2.02. The molecule has 2 aromatic rings. The van der Waals surface area contributed by atoms with Gasteiger partial charge in [-0.3, -0.25) is 4.79 Å². The van der Waals surface area contributed by atoms with Crippen LogP contribution in [0.2, 0.25) is 0 Å². The van der Waals surface area contributed by atoms with Gasteiger partial charge in [-0.05, 0) is 25.5 Å². The van der Waals surface area contributed by atoms with Gasteiger partial charge < -0.3 is 0 Å². The third kappa shape index (κ3) is 1.36. The van der Waals surface area contributed by atoms with Crippen molar-refractivity contribution in [3.05, 3.63) is 47.3 Å².